The summed E-state index contributed by atoms with van der Waals surface area (Å²) in [5.41, 5.74) is 1.55. The van der Waals surface area contributed by atoms with Crippen molar-refractivity contribution in [2.45, 2.75) is 43.6 Å². The molecular weight excluding hydrogens is 376 g/mol. The van der Waals surface area contributed by atoms with Gasteiger partial charge >= 0.3 is 0 Å². The number of aliphatic hydroxyl groups is 1. The highest BCUT2D eigenvalue weighted by atomic mass is 35.5. The lowest BCUT2D eigenvalue weighted by Gasteiger charge is -2.47. The Kier molecular flexibility index (Phi) is 5.32. The Morgan fingerprint density at radius 2 is 2.22 bits per heavy atom. The zero-order chi connectivity index (χ0) is 18.9. The molecule has 0 radical (unpaired) electrons. The van der Waals surface area contributed by atoms with Gasteiger partial charge in [-0.2, -0.15) is 0 Å². The van der Waals surface area contributed by atoms with Gasteiger partial charge in [-0.1, -0.05) is 24.1 Å². The number of halogens is 1. The van der Waals surface area contributed by atoms with Gasteiger partial charge in [-0.25, -0.2) is 0 Å². The highest BCUT2D eigenvalue weighted by molar-refractivity contribution is 7.10. The number of rotatable bonds is 3. The average molecular weight is 399 g/mol. The summed E-state index contributed by atoms with van der Waals surface area (Å²) in [4.78, 5) is 1.22. The zero-order valence-electron chi connectivity index (χ0n) is 15.1. The lowest BCUT2D eigenvalue weighted by molar-refractivity contribution is -0.0278. The van der Waals surface area contributed by atoms with Crippen molar-refractivity contribution in [3.05, 3.63) is 57.8 Å². The van der Waals surface area contributed by atoms with Crippen LogP contribution in [0.5, 0.6) is 5.75 Å². The molecule has 1 aromatic carbocycles. The molecule has 2 aromatic rings. The van der Waals surface area contributed by atoms with Crippen molar-refractivity contribution in [1.82, 2.24) is 0 Å². The number of benzene rings is 1. The number of hydrogen-bond acceptors (Lipinski definition) is 3. The SMILES string of the molecule is Oc1ccc2c(c1)CCC1CC(O)(C#CCl)C(CC=Cc3cccs3)C[C@H]21. The second-order valence-electron chi connectivity index (χ2n) is 7.72. The van der Waals surface area contributed by atoms with Gasteiger partial charge < -0.3 is 10.2 Å². The first-order chi connectivity index (χ1) is 13.1. The van der Waals surface area contributed by atoms with E-state index >= 15 is 0 Å². The number of aryl methyl sites for hydroxylation is 1. The fourth-order valence-corrected chi connectivity index (χ4v) is 5.67. The van der Waals surface area contributed by atoms with E-state index in [1.165, 1.54) is 16.0 Å². The number of hydrogen-bond donors (Lipinski definition) is 2. The van der Waals surface area contributed by atoms with Crippen LogP contribution in [-0.4, -0.2) is 15.8 Å². The van der Waals surface area contributed by atoms with Gasteiger partial charge in [0.15, 0.2) is 0 Å². The Balaban J connectivity index is 1.60. The van der Waals surface area contributed by atoms with Gasteiger partial charge in [0.05, 0.1) is 0 Å². The summed E-state index contributed by atoms with van der Waals surface area (Å²) in [7, 11) is 0. The summed E-state index contributed by atoms with van der Waals surface area (Å²) < 4.78 is 0. The highest BCUT2D eigenvalue weighted by Gasteiger charge is 2.47. The van der Waals surface area contributed by atoms with Crippen molar-refractivity contribution in [3.63, 3.8) is 0 Å². The number of thiophene rings is 1. The fraction of sp³-hybridized carbons (Fsp3) is 0.391. The number of aromatic hydroxyl groups is 1. The van der Waals surface area contributed by atoms with Gasteiger partial charge in [0.1, 0.15) is 11.4 Å². The molecule has 0 bridgehead atoms. The molecule has 4 heteroatoms. The summed E-state index contributed by atoms with van der Waals surface area (Å²) in [6, 6.07) is 9.88. The van der Waals surface area contributed by atoms with Crippen LogP contribution in [0.1, 0.15) is 47.6 Å². The van der Waals surface area contributed by atoms with Crippen molar-refractivity contribution in [2.75, 3.05) is 0 Å². The highest BCUT2D eigenvalue weighted by Crippen LogP contribution is 2.51. The molecule has 2 aliphatic rings. The minimum absolute atomic E-state index is 0.0426. The third-order valence-electron chi connectivity index (χ3n) is 6.18. The first-order valence-electron chi connectivity index (χ1n) is 9.46. The van der Waals surface area contributed by atoms with Crippen LogP contribution in [0.2, 0.25) is 0 Å². The van der Waals surface area contributed by atoms with Crippen LogP contribution in [0.25, 0.3) is 6.08 Å². The molecule has 0 spiro atoms. The molecule has 1 heterocycles. The van der Waals surface area contributed by atoms with Crippen LogP contribution >= 0.6 is 22.9 Å². The van der Waals surface area contributed by atoms with Crippen LogP contribution in [0.4, 0.5) is 0 Å². The normalized spacial score (nSPS) is 29.6. The maximum Gasteiger partial charge on any atom is 0.130 e. The third kappa shape index (κ3) is 3.80. The molecular formula is C23H23ClO2S. The number of allylic oxidation sites excluding steroid dienone is 1. The summed E-state index contributed by atoms with van der Waals surface area (Å²) in [5.74, 6) is 4.11. The van der Waals surface area contributed by atoms with E-state index in [2.05, 4.69) is 41.0 Å². The molecule has 27 heavy (non-hydrogen) atoms. The molecule has 4 atom stereocenters. The van der Waals surface area contributed by atoms with Crippen LogP contribution < -0.4 is 0 Å². The second kappa shape index (κ2) is 7.72. The van der Waals surface area contributed by atoms with Crippen LogP contribution in [-0.2, 0) is 6.42 Å². The maximum atomic E-state index is 11.3. The molecule has 3 unspecified atom stereocenters. The molecule has 1 saturated carbocycles. The predicted molar refractivity (Wildman–Crippen MR) is 112 cm³/mol. The van der Waals surface area contributed by atoms with Gasteiger partial charge in [-0.05, 0) is 96.3 Å². The molecule has 0 saturated heterocycles. The number of phenolic OH excluding ortho intramolecular Hbond substituents is 1. The molecule has 2 N–H and O–H groups in total. The summed E-state index contributed by atoms with van der Waals surface area (Å²) in [5, 5.41) is 25.6. The van der Waals surface area contributed by atoms with E-state index in [1.54, 1.807) is 17.4 Å². The van der Waals surface area contributed by atoms with E-state index in [0.29, 0.717) is 24.0 Å². The first-order valence-corrected chi connectivity index (χ1v) is 10.7. The second-order valence-corrected chi connectivity index (χ2v) is 8.89. The summed E-state index contributed by atoms with van der Waals surface area (Å²) >= 11 is 7.42. The Morgan fingerprint density at radius 3 is 3.00 bits per heavy atom. The molecule has 140 valence electrons. The van der Waals surface area contributed by atoms with E-state index in [1.807, 2.05) is 12.1 Å². The Bertz CT molecular complexity index is 893. The molecule has 2 aliphatic carbocycles. The Labute approximate surface area is 169 Å². The molecule has 2 nitrogen and oxygen atoms in total. The molecule has 0 amide bonds. The molecule has 1 aromatic heterocycles. The van der Waals surface area contributed by atoms with Gasteiger partial charge in [0.25, 0.3) is 0 Å². The van der Waals surface area contributed by atoms with Crippen molar-refractivity contribution < 1.29 is 10.2 Å². The van der Waals surface area contributed by atoms with Gasteiger partial charge in [0, 0.05) is 16.2 Å². The summed E-state index contributed by atoms with van der Waals surface area (Å²) in [6.45, 7) is 0. The molecule has 1 fully saturated rings. The quantitative estimate of drug-likeness (QED) is 0.666. The van der Waals surface area contributed by atoms with Crippen LogP contribution in [0.3, 0.4) is 0 Å². The molecule has 4 rings (SSSR count). The van der Waals surface area contributed by atoms with E-state index in [0.717, 1.165) is 25.7 Å². The smallest absolute Gasteiger partial charge is 0.130 e. The minimum atomic E-state index is -1.03. The van der Waals surface area contributed by atoms with Crippen molar-refractivity contribution in [3.8, 4) is 17.0 Å². The lowest BCUT2D eigenvalue weighted by atomic mass is 9.59. The third-order valence-corrected chi connectivity index (χ3v) is 7.11. The van der Waals surface area contributed by atoms with Crippen LogP contribution in [0.15, 0.2) is 41.8 Å². The maximum absolute atomic E-state index is 11.3. The first kappa shape index (κ1) is 18.6. The Morgan fingerprint density at radius 1 is 1.33 bits per heavy atom. The molecule has 0 aliphatic heterocycles. The van der Waals surface area contributed by atoms with Crippen molar-refractivity contribution in [2.24, 2.45) is 11.8 Å². The minimum Gasteiger partial charge on any atom is -0.508 e. The topological polar surface area (TPSA) is 40.5 Å². The van der Waals surface area contributed by atoms with Gasteiger partial charge in [-0.15, -0.1) is 11.3 Å². The predicted octanol–water partition coefficient (Wildman–Crippen LogP) is 5.54. The summed E-state index contributed by atoms with van der Waals surface area (Å²) in [6.07, 6.45) is 8.56. The number of fused-ring (bicyclic) bond motifs is 3. The van der Waals surface area contributed by atoms with Crippen molar-refractivity contribution >= 4 is 29.0 Å². The van der Waals surface area contributed by atoms with E-state index in [-0.39, 0.29) is 5.92 Å². The van der Waals surface area contributed by atoms with E-state index < -0.39 is 5.60 Å². The standard InChI is InChI=1S/C23H23ClO2S/c24-11-10-23(26)15-17-7-6-16-13-19(25)8-9-21(16)22(17)14-18(23)3-1-4-20-5-2-12-27-20/h1-2,4-5,8-9,12-13,17-18,22,25-26H,3,6-7,14-15H2/t17?,18?,22-,23?/m0/s1. The average Bonchev–Trinajstić information content (AvgIpc) is 3.15. The van der Waals surface area contributed by atoms with Gasteiger partial charge in [0.2, 0.25) is 0 Å². The monoisotopic (exact) mass is 398 g/mol. The Hall–Kier alpha value is -1.73. The van der Waals surface area contributed by atoms with Crippen LogP contribution in [0, 0.1) is 23.1 Å². The zero-order valence-corrected chi connectivity index (χ0v) is 16.6. The lowest BCUT2D eigenvalue weighted by Crippen LogP contribution is -2.46. The number of phenols is 1. The largest absolute Gasteiger partial charge is 0.508 e. The van der Waals surface area contributed by atoms with E-state index in [4.69, 9.17) is 11.6 Å². The fourth-order valence-electron chi connectivity index (χ4n) is 4.86. The van der Waals surface area contributed by atoms with E-state index in [9.17, 15) is 10.2 Å². The van der Waals surface area contributed by atoms with Crippen molar-refractivity contribution in [1.29, 1.82) is 0 Å². The van der Waals surface area contributed by atoms with Gasteiger partial charge in [-0.3, -0.25) is 0 Å².